The van der Waals surface area contributed by atoms with Crippen molar-refractivity contribution in [3.05, 3.63) is 26.0 Å². The van der Waals surface area contributed by atoms with Crippen LogP contribution in [0, 0.1) is 3.70 Å². The fourth-order valence-corrected chi connectivity index (χ4v) is 1.84. The van der Waals surface area contributed by atoms with E-state index in [1.807, 2.05) is 0 Å². The molecule has 0 fully saturated rings. The van der Waals surface area contributed by atoms with Crippen molar-refractivity contribution >= 4 is 40.5 Å². The number of alkyl halides is 2. The second-order valence-corrected chi connectivity index (χ2v) is 3.55. The Morgan fingerprint density at radius 3 is 2.69 bits per heavy atom. The average Bonchev–Trinajstić information content (AvgIpc) is 2.04. The Bertz CT molecular complexity index is 346. The highest BCUT2D eigenvalue weighted by atomic mass is 127. The summed E-state index contributed by atoms with van der Waals surface area (Å²) >= 11 is 7.20. The molecule has 0 unspecified atom stereocenters. The van der Waals surface area contributed by atoms with Crippen molar-refractivity contribution < 1.29 is 13.6 Å². The zero-order valence-electron chi connectivity index (χ0n) is 6.10. The maximum atomic E-state index is 12.4. The van der Waals surface area contributed by atoms with E-state index in [4.69, 9.17) is 11.6 Å². The number of halogens is 4. The van der Waals surface area contributed by atoms with Gasteiger partial charge in [0.25, 0.3) is 6.43 Å². The van der Waals surface area contributed by atoms with Crippen LogP contribution >= 0.6 is 34.2 Å². The monoisotopic (exact) mass is 317 g/mol. The maximum absolute atomic E-state index is 12.4. The minimum absolute atomic E-state index is 0.0163. The Balaban J connectivity index is 3.38. The largest absolute Gasteiger partial charge is 0.298 e. The summed E-state index contributed by atoms with van der Waals surface area (Å²) in [6.45, 7) is 0. The molecule has 0 amide bonds. The summed E-state index contributed by atoms with van der Waals surface area (Å²) in [5.74, 6) is 0. The summed E-state index contributed by atoms with van der Waals surface area (Å²) in [5.41, 5.74) is -0.399. The maximum Gasteiger partial charge on any atom is 0.267 e. The van der Waals surface area contributed by atoms with Gasteiger partial charge >= 0.3 is 0 Å². The van der Waals surface area contributed by atoms with Gasteiger partial charge in [-0.3, -0.25) is 4.79 Å². The van der Waals surface area contributed by atoms with Crippen molar-refractivity contribution in [2.45, 2.75) is 6.43 Å². The number of aromatic nitrogens is 1. The van der Waals surface area contributed by atoms with Gasteiger partial charge < -0.3 is 0 Å². The van der Waals surface area contributed by atoms with Crippen LogP contribution in [0.4, 0.5) is 8.78 Å². The molecule has 0 aliphatic heterocycles. The standard InChI is InChI=1S/C7H3ClF2INO/c8-5-3(2-13)1-12-7(11)4(5)6(9)10/h1-2,6H. The number of carbonyl (C=O) groups is 1. The molecule has 1 heterocycles. The Morgan fingerprint density at radius 1 is 1.62 bits per heavy atom. The molecule has 70 valence electrons. The highest BCUT2D eigenvalue weighted by Gasteiger charge is 2.19. The van der Waals surface area contributed by atoms with Gasteiger partial charge in [0.15, 0.2) is 6.29 Å². The van der Waals surface area contributed by atoms with Gasteiger partial charge in [0, 0.05) is 6.20 Å². The van der Waals surface area contributed by atoms with E-state index in [0.717, 1.165) is 0 Å². The Kier molecular flexibility index (Phi) is 3.55. The quantitative estimate of drug-likeness (QED) is 0.477. The van der Waals surface area contributed by atoms with Crippen LogP contribution in [0.1, 0.15) is 22.3 Å². The van der Waals surface area contributed by atoms with E-state index < -0.39 is 6.43 Å². The van der Waals surface area contributed by atoms with E-state index in [-0.39, 0.29) is 19.9 Å². The number of carbonyl (C=O) groups excluding carboxylic acids is 1. The fourth-order valence-electron chi connectivity index (χ4n) is 0.766. The zero-order chi connectivity index (χ0) is 10.0. The molecule has 0 bridgehead atoms. The van der Waals surface area contributed by atoms with Crippen LogP contribution in [0.15, 0.2) is 6.20 Å². The third-order valence-corrected chi connectivity index (χ3v) is 2.66. The van der Waals surface area contributed by atoms with E-state index in [0.29, 0.717) is 6.29 Å². The first-order valence-corrected chi connectivity index (χ1v) is 4.60. The molecule has 0 saturated heterocycles. The van der Waals surface area contributed by atoms with Crippen LogP contribution in [-0.2, 0) is 0 Å². The SMILES string of the molecule is O=Cc1cnc(I)c(C(F)F)c1Cl. The van der Waals surface area contributed by atoms with Crippen molar-refractivity contribution in [3.8, 4) is 0 Å². The van der Waals surface area contributed by atoms with Crippen molar-refractivity contribution in [3.63, 3.8) is 0 Å². The number of nitrogens with zero attached hydrogens (tertiary/aromatic N) is 1. The third-order valence-electron chi connectivity index (χ3n) is 1.37. The van der Waals surface area contributed by atoms with Crippen LogP contribution in [0.25, 0.3) is 0 Å². The van der Waals surface area contributed by atoms with E-state index in [1.54, 1.807) is 22.6 Å². The van der Waals surface area contributed by atoms with E-state index in [9.17, 15) is 13.6 Å². The minimum atomic E-state index is -2.72. The third kappa shape index (κ3) is 2.14. The predicted molar refractivity (Wildman–Crippen MR) is 52.3 cm³/mol. The molecule has 1 rings (SSSR count). The minimum Gasteiger partial charge on any atom is -0.298 e. The summed E-state index contributed by atoms with van der Waals surface area (Å²) in [6, 6.07) is 0. The molecule has 6 heteroatoms. The van der Waals surface area contributed by atoms with Crippen molar-refractivity contribution in [2.24, 2.45) is 0 Å². The van der Waals surface area contributed by atoms with Gasteiger partial charge in [0.05, 0.1) is 16.1 Å². The Morgan fingerprint density at radius 2 is 2.23 bits per heavy atom. The first kappa shape index (κ1) is 10.8. The molecule has 0 spiro atoms. The molecule has 0 N–H and O–H groups in total. The number of hydrogen-bond acceptors (Lipinski definition) is 2. The van der Waals surface area contributed by atoms with Crippen LogP contribution < -0.4 is 0 Å². The van der Waals surface area contributed by atoms with Crippen molar-refractivity contribution in [1.29, 1.82) is 0 Å². The Labute approximate surface area is 91.4 Å². The second kappa shape index (κ2) is 4.28. The van der Waals surface area contributed by atoms with Crippen molar-refractivity contribution in [1.82, 2.24) is 4.98 Å². The van der Waals surface area contributed by atoms with Gasteiger partial charge in [-0.25, -0.2) is 13.8 Å². The molecular weight excluding hydrogens is 314 g/mol. The fraction of sp³-hybridized carbons (Fsp3) is 0.143. The van der Waals surface area contributed by atoms with Crippen LogP contribution in [-0.4, -0.2) is 11.3 Å². The smallest absolute Gasteiger partial charge is 0.267 e. The summed E-state index contributed by atoms with van der Waals surface area (Å²) in [5, 5.41) is -0.218. The molecule has 0 atom stereocenters. The highest BCUT2D eigenvalue weighted by molar-refractivity contribution is 14.1. The molecule has 13 heavy (non-hydrogen) atoms. The van der Waals surface area contributed by atoms with E-state index in [2.05, 4.69) is 4.98 Å². The predicted octanol–water partition coefficient (Wildman–Crippen LogP) is 3.09. The first-order valence-electron chi connectivity index (χ1n) is 3.15. The van der Waals surface area contributed by atoms with Gasteiger partial charge in [-0.1, -0.05) is 11.6 Å². The van der Waals surface area contributed by atoms with Gasteiger partial charge in [0.1, 0.15) is 3.70 Å². The van der Waals surface area contributed by atoms with E-state index in [1.165, 1.54) is 6.20 Å². The summed E-state index contributed by atoms with van der Waals surface area (Å²) in [7, 11) is 0. The van der Waals surface area contributed by atoms with Gasteiger partial charge in [-0.2, -0.15) is 0 Å². The molecule has 0 aliphatic carbocycles. The first-order chi connectivity index (χ1) is 6.07. The van der Waals surface area contributed by atoms with Gasteiger partial charge in [0.2, 0.25) is 0 Å². The average molecular weight is 317 g/mol. The van der Waals surface area contributed by atoms with Crippen molar-refractivity contribution in [2.75, 3.05) is 0 Å². The zero-order valence-corrected chi connectivity index (χ0v) is 9.01. The van der Waals surface area contributed by atoms with E-state index >= 15 is 0 Å². The van der Waals surface area contributed by atoms with Crippen LogP contribution in [0.3, 0.4) is 0 Å². The Hall–Kier alpha value is -0.300. The topological polar surface area (TPSA) is 30.0 Å². The molecule has 0 radical (unpaired) electrons. The lowest BCUT2D eigenvalue weighted by Gasteiger charge is -2.05. The number of rotatable bonds is 2. The summed E-state index contributed by atoms with van der Waals surface area (Å²) in [6.07, 6.45) is -1.15. The molecular formula is C7H3ClF2INO. The lowest BCUT2D eigenvalue weighted by atomic mass is 10.2. The lowest BCUT2D eigenvalue weighted by molar-refractivity contribution is 0.112. The molecule has 1 aromatic rings. The highest BCUT2D eigenvalue weighted by Crippen LogP contribution is 2.31. The molecule has 2 nitrogen and oxygen atoms in total. The molecule has 0 saturated carbocycles. The van der Waals surface area contributed by atoms with Crippen LogP contribution in [0.5, 0.6) is 0 Å². The molecule has 0 aliphatic rings. The normalized spacial score (nSPS) is 10.5. The lowest BCUT2D eigenvalue weighted by Crippen LogP contribution is -1.98. The summed E-state index contributed by atoms with van der Waals surface area (Å²) < 4.78 is 24.8. The van der Waals surface area contributed by atoms with Gasteiger partial charge in [-0.05, 0) is 22.6 Å². The number of pyridine rings is 1. The van der Waals surface area contributed by atoms with Crippen LogP contribution in [0.2, 0.25) is 5.02 Å². The van der Waals surface area contributed by atoms with Gasteiger partial charge in [-0.15, -0.1) is 0 Å². The number of aldehydes is 1. The second-order valence-electron chi connectivity index (χ2n) is 2.15. The molecule has 1 aromatic heterocycles. The number of hydrogen-bond donors (Lipinski definition) is 0. The summed E-state index contributed by atoms with van der Waals surface area (Å²) in [4.78, 5) is 14.0. The molecule has 0 aromatic carbocycles.